The third-order valence-corrected chi connectivity index (χ3v) is 4.99. The van der Waals surface area contributed by atoms with Crippen LogP contribution in [0.25, 0.3) is 0 Å². The van der Waals surface area contributed by atoms with Crippen LogP contribution in [0.1, 0.15) is 19.3 Å². The maximum atomic E-state index is 11.4. The van der Waals surface area contributed by atoms with Crippen molar-refractivity contribution in [2.75, 3.05) is 32.6 Å². The zero-order valence-electron chi connectivity index (χ0n) is 10.8. The Morgan fingerprint density at radius 1 is 0.889 bits per heavy atom. The standard InChI is InChI=1S/C11H20NO5P/c1-12(2)9(13)3-6-18(7-4-10(14)15)8-5-11(16)17/h3-8H2,1-2H3,(H,14,15)(H,16,17). The minimum absolute atomic E-state index is 0.00634. The monoisotopic (exact) mass is 277 g/mol. The molecule has 0 aromatic rings. The van der Waals surface area contributed by atoms with E-state index in [-0.39, 0.29) is 18.7 Å². The van der Waals surface area contributed by atoms with Gasteiger partial charge in [-0.2, -0.15) is 0 Å². The van der Waals surface area contributed by atoms with Gasteiger partial charge in [-0.05, 0) is 18.5 Å². The number of aliphatic carboxylic acids is 2. The minimum Gasteiger partial charge on any atom is -0.481 e. The molecule has 0 atom stereocenters. The van der Waals surface area contributed by atoms with E-state index in [0.717, 1.165) is 0 Å². The fourth-order valence-corrected chi connectivity index (χ4v) is 3.51. The number of carboxylic acids is 2. The van der Waals surface area contributed by atoms with Crippen LogP contribution in [-0.4, -0.2) is 65.5 Å². The molecule has 0 saturated carbocycles. The molecule has 0 saturated heterocycles. The highest BCUT2D eigenvalue weighted by atomic mass is 31.1. The average molecular weight is 277 g/mol. The van der Waals surface area contributed by atoms with E-state index in [1.807, 2.05) is 0 Å². The quantitative estimate of drug-likeness (QED) is 0.610. The molecule has 0 aromatic carbocycles. The number of rotatable bonds is 9. The first-order chi connectivity index (χ1) is 8.32. The summed E-state index contributed by atoms with van der Waals surface area (Å²) in [5.41, 5.74) is 0. The summed E-state index contributed by atoms with van der Waals surface area (Å²) in [4.78, 5) is 33.9. The minimum atomic E-state index is -0.878. The molecule has 0 rings (SSSR count). The van der Waals surface area contributed by atoms with Crippen molar-refractivity contribution >= 4 is 25.8 Å². The van der Waals surface area contributed by atoms with Crippen LogP contribution >= 0.6 is 7.92 Å². The molecule has 0 unspecified atom stereocenters. The van der Waals surface area contributed by atoms with Crippen molar-refractivity contribution in [3.63, 3.8) is 0 Å². The highest BCUT2D eigenvalue weighted by Gasteiger charge is 2.14. The van der Waals surface area contributed by atoms with Crippen LogP contribution in [0.15, 0.2) is 0 Å². The highest BCUT2D eigenvalue weighted by Crippen LogP contribution is 2.37. The number of carboxylic acid groups (broad SMARTS) is 2. The Bertz CT molecular complexity index is 288. The van der Waals surface area contributed by atoms with Gasteiger partial charge < -0.3 is 15.1 Å². The third kappa shape index (κ3) is 8.93. The number of amides is 1. The fourth-order valence-electron chi connectivity index (χ4n) is 1.32. The van der Waals surface area contributed by atoms with Crippen molar-refractivity contribution in [3.8, 4) is 0 Å². The Morgan fingerprint density at radius 2 is 1.28 bits per heavy atom. The van der Waals surface area contributed by atoms with Crippen LogP contribution in [0.3, 0.4) is 0 Å². The van der Waals surface area contributed by atoms with Gasteiger partial charge in [-0.3, -0.25) is 14.4 Å². The zero-order valence-corrected chi connectivity index (χ0v) is 11.7. The van der Waals surface area contributed by atoms with Crippen LogP contribution in [0.4, 0.5) is 0 Å². The van der Waals surface area contributed by atoms with Crippen LogP contribution < -0.4 is 0 Å². The van der Waals surface area contributed by atoms with E-state index in [4.69, 9.17) is 10.2 Å². The van der Waals surface area contributed by atoms with Crippen LogP contribution in [0, 0.1) is 0 Å². The molecule has 0 aromatic heterocycles. The Morgan fingerprint density at radius 3 is 1.61 bits per heavy atom. The summed E-state index contributed by atoms with van der Waals surface area (Å²) in [6, 6.07) is 0. The molecule has 0 aliphatic heterocycles. The largest absolute Gasteiger partial charge is 0.481 e. The Hall–Kier alpha value is -1.16. The lowest BCUT2D eigenvalue weighted by Gasteiger charge is -2.17. The van der Waals surface area contributed by atoms with Gasteiger partial charge in [0.15, 0.2) is 0 Å². The van der Waals surface area contributed by atoms with E-state index in [1.54, 1.807) is 14.1 Å². The topological polar surface area (TPSA) is 94.9 Å². The van der Waals surface area contributed by atoms with E-state index >= 15 is 0 Å². The zero-order chi connectivity index (χ0) is 14.1. The van der Waals surface area contributed by atoms with Crippen LogP contribution in [0.5, 0.6) is 0 Å². The summed E-state index contributed by atoms with van der Waals surface area (Å²) < 4.78 is 0. The first-order valence-electron chi connectivity index (χ1n) is 5.69. The second-order valence-electron chi connectivity index (χ2n) is 4.17. The molecule has 7 heteroatoms. The summed E-state index contributed by atoms with van der Waals surface area (Å²) in [6.45, 7) is 0. The number of hydrogen-bond acceptors (Lipinski definition) is 3. The first-order valence-corrected chi connectivity index (χ1v) is 7.58. The van der Waals surface area contributed by atoms with Gasteiger partial charge in [0, 0.05) is 33.4 Å². The fraction of sp³-hybridized carbons (Fsp3) is 0.727. The normalized spacial score (nSPS) is 10.4. The molecular formula is C11H20NO5P. The maximum Gasteiger partial charge on any atom is 0.303 e. The SMILES string of the molecule is CN(C)C(=O)CCP(CCC(=O)O)CCC(=O)O. The lowest BCUT2D eigenvalue weighted by Crippen LogP contribution is -2.22. The summed E-state index contributed by atoms with van der Waals surface area (Å²) in [6.07, 6.45) is 2.02. The molecule has 6 nitrogen and oxygen atoms in total. The average Bonchev–Trinajstić information content (AvgIpc) is 2.26. The second kappa shape index (κ2) is 8.86. The van der Waals surface area contributed by atoms with Gasteiger partial charge in [0.25, 0.3) is 0 Å². The van der Waals surface area contributed by atoms with Crippen molar-refractivity contribution in [3.05, 3.63) is 0 Å². The first kappa shape index (κ1) is 16.8. The maximum absolute atomic E-state index is 11.4. The lowest BCUT2D eigenvalue weighted by molar-refractivity contribution is -0.137. The lowest BCUT2D eigenvalue weighted by atomic mass is 10.4. The summed E-state index contributed by atoms with van der Waals surface area (Å²) in [5.74, 6) is -1.76. The number of carbonyl (C=O) groups is 3. The van der Waals surface area contributed by atoms with Gasteiger partial charge >= 0.3 is 11.9 Å². The van der Waals surface area contributed by atoms with Crippen LogP contribution in [0.2, 0.25) is 0 Å². The molecular weight excluding hydrogens is 257 g/mol. The van der Waals surface area contributed by atoms with Crippen molar-refractivity contribution in [1.29, 1.82) is 0 Å². The van der Waals surface area contributed by atoms with E-state index in [9.17, 15) is 14.4 Å². The number of nitrogens with zero attached hydrogens (tertiary/aromatic N) is 1. The van der Waals surface area contributed by atoms with Gasteiger partial charge in [0.05, 0.1) is 0 Å². The molecule has 0 heterocycles. The Labute approximate surface area is 108 Å². The predicted molar refractivity (Wildman–Crippen MR) is 69.3 cm³/mol. The summed E-state index contributed by atoms with van der Waals surface area (Å²) in [7, 11) is 2.64. The third-order valence-electron chi connectivity index (χ3n) is 2.42. The van der Waals surface area contributed by atoms with Gasteiger partial charge in [0.1, 0.15) is 0 Å². The van der Waals surface area contributed by atoms with Gasteiger partial charge in [-0.15, -0.1) is 7.92 Å². The van der Waals surface area contributed by atoms with E-state index in [1.165, 1.54) is 4.90 Å². The Balaban J connectivity index is 4.14. The molecule has 0 radical (unpaired) electrons. The molecule has 0 fully saturated rings. The van der Waals surface area contributed by atoms with Gasteiger partial charge in [-0.25, -0.2) is 0 Å². The molecule has 18 heavy (non-hydrogen) atoms. The molecule has 2 N–H and O–H groups in total. The predicted octanol–water partition coefficient (Wildman–Crippen LogP) is 0.896. The van der Waals surface area contributed by atoms with E-state index < -0.39 is 19.9 Å². The summed E-state index contributed by atoms with van der Waals surface area (Å²) in [5, 5.41) is 17.2. The molecule has 0 aliphatic carbocycles. The van der Waals surface area contributed by atoms with E-state index in [0.29, 0.717) is 24.9 Å². The van der Waals surface area contributed by atoms with Crippen molar-refractivity contribution in [2.24, 2.45) is 0 Å². The summed E-state index contributed by atoms with van der Waals surface area (Å²) >= 11 is 0. The van der Waals surface area contributed by atoms with Crippen LogP contribution in [-0.2, 0) is 14.4 Å². The number of hydrogen-bond donors (Lipinski definition) is 2. The molecule has 0 aliphatic rings. The Kier molecular flexibility index (Phi) is 8.29. The van der Waals surface area contributed by atoms with Crippen molar-refractivity contribution < 1.29 is 24.6 Å². The molecule has 104 valence electrons. The molecule has 0 bridgehead atoms. The van der Waals surface area contributed by atoms with Crippen molar-refractivity contribution in [1.82, 2.24) is 4.90 Å². The number of carbonyl (C=O) groups excluding carboxylic acids is 1. The van der Waals surface area contributed by atoms with E-state index in [2.05, 4.69) is 0 Å². The highest BCUT2D eigenvalue weighted by molar-refractivity contribution is 7.57. The van der Waals surface area contributed by atoms with Gasteiger partial charge in [0.2, 0.25) is 5.91 Å². The van der Waals surface area contributed by atoms with Gasteiger partial charge in [-0.1, -0.05) is 0 Å². The molecule has 0 spiro atoms. The molecule has 1 amide bonds. The second-order valence-corrected chi connectivity index (χ2v) is 6.85. The smallest absolute Gasteiger partial charge is 0.303 e. The van der Waals surface area contributed by atoms with Crippen molar-refractivity contribution in [2.45, 2.75) is 19.3 Å².